The molecular formula is C124H194O25. The zero-order valence-corrected chi connectivity index (χ0v) is 93.1. The molecule has 5 aromatic rings. The molecular weight excluding hydrogens is 1890 g/mol. The Morgan fingerprint density at radius 3 is 1.03 bits per heavy atom. The second-order valence-corrected chi connectivity index (χ2v) is 41.3. The third-order valence-corrected chi connectivity index (χ3v) is 29.1. The van der Waals surface area contributed by atoms with E-state index in [1.807, 2.05) is 119 Å². The van der Waals surface area contributed by atoms with Gasteiger partial charge in [-0.1, -0.05) is 328 Å². The quantitative estimate of drug-likeness (QED) is 0.0164. The number of hydrogen-bond donors (Lipinski definition) is 1. The predicted octanol–water partition coefficient (Wildman–Crippen LogP) is 29.3. The number of esters is 9. The van der Waals surface area contributed by atoms with Gasteiger partial charge in [0.2, 0.25) is 0 Å². The lowest BCUT2D eigenvalue weighted by molar-refractivity contribution is -0.190. The molecule has 5 aromatic carbocycles. The molecule has 0 bridgehead atoms. The first-order valence-electron chi connectivity index (χ1n) is 56.9. The van der Waals surface area contributed by atoms with Crippen LogP contribution in [0, 0.1) is 47.8 Å². The number of aryl methyl sites for hydroxylation is 3. The summed E-state index contributed by atoms with van der Waals surface area (Å²) in [6.45, 7) is 31.7. The molecule has 1 N–H and O–H groups in total. The van der Waals surface area contributed by atoms with Crippen molar-refractivity contribution in [3.05, 3.63) is 161 Å². The number of benzene rings is 5. The summed E-state index contributed by atoms with van der Waals surface area (Å²) in [6.07, 6.45) is 47.2. The van der Waals surface area contributed by atoms with Gasteiger partial charge in [-0.2, -0.15) is 0 Å². The first-order valence-corrected chi connectivity index (χ1v) is 56.9. The molecule has 5 aliphatic rings. The summed E-state index contributed by atoms with van der Waals surface area (Å²) >= 11 is 0. The second kappa shape index (κ2) is 77.8. The van der Waals surface area contributed by atoms with Gasteiger partial charge in [0, 0.05) is 29.1 Å². The maximum Gasteiger partial charge on any atom is 0.339 e. The molecule has 5 fully saturated rings. The van der Waals surface area contributed by atoms with Crippen molar-refractivity contribution in [1.29, 1.82) is 0 Å². The lowest BCUT2D eigenvalue weighted by Crippen LogP contribution is -2.64. The Morgan fingerprint density at radius 2 is 0.685 bits per heavy atom. The van der Waals surface area contributed by atoms with Crippen molar-refractivity contribution in [1.82, 2.24) is 0 Å². The van der Waals surface area contributed by atoms with Crippen LogP contribution >= 0.6 is 0 Å². The van der Waals surface area contributed by atoms with Gasteiger partial charge in [0.1, 0.15) is 29.5 Å². The van der Waals surface area contributed by atoms with E-state index in [1.165, 1.54) is 93.7 Å². The highest BCUT2D eigenvalue weighted by molar-refractivity contribution is 6.03. The van der Waals surface area contributed by atoms with Crippen LogP contribution in [0.1, 0.15) is 435 Å². The highest BCUT2D eigenvalue weighted by Crippen LogP contribution is 2.74. The number of fused-ring (bicyclic) bond motifs is 1. The summed E-state index contributed by atoms with van der Waals surface area (Å²) in [6, 6.07) is 42.0. The van der Waals surface area contributed by atoms with Crippen LogP contribution in [-0.2, 0) is 90.4 Å². The predicted molar refractivity (Wildman–Crippen MR) is 587 cm³/mol. The van der Waals surface area contributed by atoms with Crippen molar-refractivity contribution in [3.8, 4) is 17.2 Å². The van der Waals surface area contributed by atoms with Crippen LogP contribution in [0.4, 0.5) is 0 Å². The molecule has 3 aliphatic carbocycles. The molecule has 2 saturated heterocycles. The molecule has 25 heteroatoms. The summed E-state index contributed by atoms with van der Waals surface area (Å²) in [5.74, 6) is -1.31. The van der Waals surface area contributed by atoms with Crippen LogP contribution in [0.25, 0.3) is 0 Å². The standard InChI is InChI=1S/C26H30O6.C26H50O4.C24H40O4.C20H26O4.C18H32O7.C9H12.CH4/c1-26(17-27-20-30-23-11-5-2-6-12-23,18-28-21-31-24-13-7-3-8-14-24)19-29-22-32-25-15-9-4-10-16-25;1-3-5-7-9-15-19-23-29-25(27)21-17-13-11-12-14-18-22-26(28)30-24-20-16-10-8-6-4-2;1-5-9-13-21(7-3)17-27-19(25)23(21)15-11-12-16-24(23)20(26)28-18-22(24,8-4)14-10-6-2;21-19(23-15-9-3-1-4-10-15)17-13-7-8-14-18(17)20(22)24-16-11-5-2-6-12-16;1-4-7-10-23-15(19)13-18(22,17(21)25-12-9-6-3)14-16(20)24-11-8-5-2;1-7-4-5-8(2)9(3)6-7;/h2-16H,17-22H2,1H3;3-24H2,1-2H3;5-18H2,1-4H3;7-8,13-16H,1-6,9-12H2;22H,4-14H2,1-3H3;4-6H,1-3H3;1H4. The van der Waals surface area contributed by atoms with Crippen LogP contribution in [0.3, 0.4) is 0 Å². The Bertz CT molecular complexity index is 4140. The van der Waals surface area contributed by atoms with Gasteiger partial charge in [-0.3, -0.25) is 28.8 Å². The van der Waals surface area contributed by atoms with E-state index in [0.717, 1.165) is 216 Å². The van der Waals surface area contributed by atoms with Crippen LogP contribution in [0.2, 0.25) is 0 Å². The third-order valence-electron chi connectivity index (χ3n) is 29.1. The maximum atomic E-state index is 13.6. The van der Waals surface area contributed by atoms with Gasteiger partial charge in [-0.15, -0.1) is 0 Å². The number of carbonyl (C=O) groups excluding carboxylic acids is 9. The minimum atomic E-state index is -2.26. The topological polar surface area (TPSA) is 312 Å². The van der Waals surface area contributed by atoms with E-state index in [2.05, 4.69) is 80.5 Å². The Labute approximate surface area is 896 Å². The van der Waals surface area contributed by atoms with Gasteiger partial charge in [0.05, 0.1) is 101 Å². The molecule has 0 aromatic heterocycles. The van der Waals surface area contributed by atoms with E-state index in [0.29, 0.717) is 89.5 Å². The largest absolute Gasteiger partial charge is 0.468 e. The summed E-state index contributed by atoms with van der Waals surface area (Å²) in [4.78, 5) is 112. The van der Waals surface area contributed by atoms with Gasteiger partial charge in [0.15, 0.2) is 26.0 Å². The van der Waals surface area contributed by atoms with Gasteiger partial charge in [-0.05, 0) is 215 Å². The fourth-order valence-corrected chi connectivity index (χ4v) is 20.1. The first kappa shape index (κ1) is 132. The highest BCUT2D eigenvalue weighted by atomic mass is 16.7. The number of aliphatic hydroxyl groups is 1. The van der Waals surface area contributed by atoms with Crippen molar-refractivity contribution in [3.63, 3.8) is 0 Å². The third kappa shape index (κ3) is 48.6. The lowest BCUT2D eigenvalue weighted by atomic mass is 9.38. The highest BCUT2D eigenvalue weighted by Gasteiger charge is 2.80. The fourth-order valence-electron chi connectivity index (χ4n) is 20.1. The SMILES string of the molecule is C.CC(COCOc1ccccc1)(COCOc1ccccc1)COCOc1ccccc1.CCCCC1(CC)COC(=O)C12CCCCC21C(=O)OCC1(CC)CCCC.CCCCCCCCOC(=O)CCCCCCCCC(=O)OCCCCCCCC.CCCCOC(=O)CC(O)(CC(=O)OCCCC)C(=O)OCCCC.Cc1ccc(C)c(C)c1.O=C(OC1CCCCC1)c1ccccc1C(=O)OC1CCCCC1. The number of rotatable bonds is 64. The number of para-hydroxylation sites is 3. The van der Waals surface area contributed by atoms with E-state index >= 15 is 0 Å². The molecule has 2 heterocycles. The molecule has 4 unspecified atom stereocenters. The van der Waals surface area contributed by atoms with Crippen molar-refractivity contribution in [2.75, 3.05) is 86.4 Å². The van der Waals surface area contributed by atoms with Crippen LogP contribution in [-0.4, -0.2) is 163 Å². The zero-order chi connectivity index (χ0) is 108. The van der Waals surface area contributed by atoms with Crippen LogP contribution in [0.15, 0.2) is 133 Å². The van der Waals surface area contributed by atoms with Crippen molar-refractivity contribution in [2.24, 2.45) is 27.1 Å². The van der Waals surface area contributed by atoms with Crippen LogP contribution < -0.4 is 14.2 Å². The van der Waals surface area contributed by atoms with Gasteiger partial charge in [0.25, 0.3) is 0 Å². The maximum absolute atomic E-state index is 13.6. The summed E-state index contributed by atoms with van der Waals surface area (Å²) < 4.78 is 82.7. The average Bonchev–Trinajstić information content (AvgIpc) is 1.51. The molecule has 840 valence electrons. The van der Waals surface area contributed by atoms with E-state index < -0.39 is 64.5 Å². The number of cyclic esters (lactones) is 2. The molecule has 2 aliphatic heterocycles. The van der Waals surface area contributed by atoms with E-state index in [1.54, 1.807) is 24.3 Å². The number of hydrogen-bond acceptors (Lipinski definition) is 25. The van der Waals surface area contributed by atoms with E-state index in [9.17, 15) is 48.3 Å². The molecule has 3 saturated carbocycles. The molecule has 10 rings (SSSR count). The monoisotopic (exact) mass is 2080 g/mol. The van der Waals surface area contributed by atoms with Gasteiger partial charge in [-0.25, -0.2) is 14.4 Å². The van der Waals surface area contributed by atoms with Crippen molar-refractivity contribution in [2.45, 2.75) is 436 Å². The second-order valence-electron chi connectivity index (χ2n) is 41.3. The van der Waals surface area contributed by atoms with E-state index in [-0.39, 0.29) is 94.5 Å². The minimum absolute atomic E-state index is 0. The summed E-state index contributed by atoms with van der Waals surface area (Å²) in [5, 5.41) is 10.6. The smallest absolute Gasteiger partial charge is 0.339 e. The fraction of sp³-hybridized carbons (Fsp3) is 0.685. The van der Waals surface area contributed by atoms with Crippen molar-refractivity contribution < 1.29 is 119 Å². The number of unbranched alkanes of at least 4 members (excludes halogenated alkanes) is 20. The molecule has 0 radical (unpaired) electrons. The van der Waals surface area contributed by atoms with Crippen LogP contribution in [0.5, 0.6) is 17.2 Å². The lowest BCUT2D eigenvalue weighted by Gasteiger charge is -2.59. The molecule has 2 spiro atoms. The Balaban J connectivity index is 0.000000379. The average molecular weight is 2080 g/mol. The van der Waals surface area contributed by atoms with Gasteiger partial charge < -0.3 is 76.2 Å². The Morgan fingerprint density at radius 1 is 0.362 bits per heavy atom. The summed E-state index contributed by atoms with van der Waals surface area (Å²) in [7, 11) is 0. The normalized spacial score (nSPS) is 17.8. The van der Waals surface area contributed by atoms with Crippen molar-refractivity contribution >= 4 is 53.7 Å². The molecule has 0 amide bonds. The molecule has 149 heavy (non-hydrogen) atoms. The summed E-state index contributed by atoms with van der Waals surface area (Å²) in [5.41, 5.74) is 0.174. The Kier molecular flexibility index (Phi) is 68.9. The van der Waals surface area contributed by atoms with Gasteiger partial charge >= 0.3 is 53.7 Å². The minimum Gasteiger partial charge on any atom is -0.468 e. The Hall–Kier alpha value is -9.43. The first-order chi connectivity index (χ1) is 71.7. The molecule has 4 atom stereocenters. The molecule has 25 nitrogen and oxygen atoms in total. The number of carbonyl (C=O) groups is 9. The van der Waals surface area contributed by atoms with E-state index in [4.69, 9.17) is 71.1 Å². The number of ether oxygens (including phenoxy) is 15. The zero-order valence-electron chi connectivity index (χ0n) is 93.1.